The van der Waals surface area contributed by atoms with E-state index in [0.29, 0.717) is 0 Å². The van der Waals surface area contributed by atoms with Crippen molar-refractivity contribution in [2.45, 2.75) is 25.6 Å². The molecule has 0 aromatic rings. The first-order chi connectivity index (χ1) is 3.50. The van der Waals surface area contributed by atoms with E-state index in [1.807, 2.05) is 0 Å². The van der Waals surface area contributed by atoms with Gasteiger partial charge in [0.2, 0.25) is 0 Å². The average Bonchev–Trinajstić information content (AvgIpc) is 1.67. The summed E-state index contributed by atoms with van der Waals surface area (Å²) in [6.45, 7) is 1.23. The lowest BCUT2D eigenvalue weighted by molar-refractivity contribution is -0.217. The zero-order valence-corrected chi connectivity index (χ0v) is 4.43. The Hall–Kier alpha value is -0.220. The number of halogens is 2. The molecule has 4 heteroatoms. The molecule has 0 saturated carbocycles. The van der Waals surface area contributed by atoms with E-state index in [-0.39, 0.29) is 0 Å². The molecule has 0 radical (unpaired) electrons. The van der Waals surface area contributed by atoms with Gasteiger partial charge in [0.05, 0.1) is 0 Å². The van der Waals surface area contributed by atoms with Crippen LogP contribution in [0.5, 0.6) is 0 Å². The Morgan fingerprint density at radius 1 is 1.75 bits per heavy atom. The second-order valence-corrected chi connectivity index (χ2v) is 1.51. The Morgan fingerprint density at radius 2 is 2.12 bits per heavy atom. The molecular formula is C4H8F2O2. The topological polar surface area (TPSA) is 40.5 Å². The smallest absolute Gasteiger partial charge is 0.262 e. The molecule has 0 heterocycles. The van der Waals surface area contributed by atoms with Crippen molar-refractivity contribution in [2.24, 2.45) is 0 Å². The molecule has 0 aromatic carbocycles. The van der Waals surface area contributed by atoms with E-state index >= 15 is 0 Å². The fourth-order valence-corrected chi connectivity index (χ4v) is 0.168. The third-order valence-corrected chi connectivity index (χ3v) is 0.861. The fourth-order valence-electron chi connectivity index (χ4n) is 0.168. The zero-order chi connectivity index (χ0) is 6.78. The first-order valence-electron chi connectivity index (χ1n) is 2.24. The van der Waals surface area contributed by atoms with Gasteiger partial charge in [0.1, 0.15) is 0 Å². The Balaban J connectivity index is 3.71. The second-order valence-electron chi connectivity index (χ2n) is 1.51. The van der Waals surface area contributed by atoms with Crippen LogP contribution in [-0.4, -0.2) is 22.4 Å². The van der Waals surface area contributed by atoms with E-state index in [0.717, 1.165) is 0 Å². The van der Waals surface area contributed by atoms with Crippen molar-refractivity contribution in [3.05, 3.63) is 0 Å². The van der Waals surface area contributed by atoms with Crippen molar-refractivity contribution in [1.82, 2.24) is 0 Å². The van der Waals surface area contributed by atoms with Crippen LogP contribution in [0.15, 0.2) is 0 Å². The van der Waals surface area contributed by atoms with Gasteiger partial charge in [-0.25, -0.2) is 8.78 Å². The number of aliphatic hydroxyl groups is 2. The highest BCUT2D eigenvalue weighted by molar-refractivity contribution is 4.63. The zero-order valence-electron chi connectivity index (χ0n) is 4.43. The lowest BCUT2D eigenvalue weighted by Gasteiger charge is -2.15. The van der Waals surface area contributed by atoms with Crippen molar-refractivity contribution in [1.29, 1.82) is 0 Å². The molecule has 0 fully saturated rings. The maximum absolute atomic E-state index is 11.9. The van der Waals surface area contributed by atoms with Crippen LogP contribution in [0.3, 0.4) is 0 Å². The van der Waals surface area contributed by atoms with Crippen LogP contribution >= 0.6 is 0 Å². The van der Waals surface area contributed by atoms with Crippen molar-refractivity contribution in [3.63, 3.8) is 0 Å². The fraction of sp³-hybridized carbons (Fsp3) is 1.00. The highest BCUT2D eigenvalue weighted by Crippen LogP contribution is 2.16. The molecule has 0 bridgehead atoms. The molecule has 0 saturated heterocycles. The van der Waals surface area contributed by atoms with Crippen LogP contribution in [-0.2, 0) is 0 Å². The summed E-state index contributed by atoms with van der Waals surface area (Å²) in [5, 5.41) is 15.9. The van der Waals surface area contributed by atoms with Crippen LogP contribution in [0.25, 0.3) is 0 Å². The summed E-state index contributed by atoms with van der Waals surface area (Å²) in [6.07, 6.45) is -3.25. The summed E-state index contributed by atoms with van der Waals surface area (Å²) >= 11 is 0. The highest BCUT2D eigenvalue weighted by Gasteiger charge is 2.33. The molecular weight excluding hydrogens is 118 g/mol. The molecule has 8 heavy (non-hydrogen) atoms. The quantitative estimate of drug-likeness (QED) is 0.560. The van der Waals surface area contributed by atoms with Gasteiger partial charge in [-0.2, -0.15) is 0 Å². The third-order valence-electron chi connectivity index (χ3n) is 0.861. The largest absolute Gasteiger partial charge is 0.360 e. The van der Waals surface area contributed by atoms with Crippen LogP contribution in [0.2, 0.25) is 0 Å². The van der Waals surface area contributed by atoms with E-state index in [4.69, 9.17) is 10.2 Å². The molecule has 2 nitrogen and oxygen atoms in total. The van der Waals surface area contributed by atoms with Gasteiger partial charge in [-0.15, -0.1) is 0 Å². The molecule has 0 spiro atoms. The molecule has 2 N–H and O–H groups in total. The van der Waals surface area contributed by atoms with Crippen molar-refractivity contribution in [3.8, 4) is 0 Å². The number of rotatable bonds is 2. The predicted octanol–water partition coefficient (Wildman–Crippen LogP) is 0.342. The molecule has 0 aliphatic carbocycles. The van der Waals surface area contributed by atoms with Crippen molar-refractivity contribution >= 4 is 0 Å². The SMILES string of the molecule is CCC(O)(F)C(O)F. The van der Waals surface area contributed by atoms with E-state index < -0.39 is 18.6 Å². The standard InChI is InChI=1S/C4H8F2O2/c1-2-4(6,8)3(5)7/h3,7-8H,2H2,1H3. The van der Waals surface area contributed by atoms with Crippen molar-refractivity contribution in [2.75, 3.05) is 0 Å². The molecule has 2 unspecified atom stereocenters. The van der Waals surface area contributed by atoms with Gasteiger partial charge in [-0.3, -0.25) is 0 Å². The normalized spacial score (nSPS) is 22.1. The molecule has 0 aliphatic rings. The first kappa shape index (κ1) is 7.78. The maximum atomic E-state index is 11.9. The Morgan fingerprint density at radius 3 is 2.12 bits per heavy atom. The summed E-state index contributed by atoms with van der Waals surface area (Å²) in [6, 6.07) is 0. The minimum absolute atomic E-state index is 0.454. The summed E-state index contributed by atoms with van der Waals surface area (Å²) in [5.74, 6) is -3.07. The monoisotopic (exact) mass is 126 g/mol. The number of aliphatic hydroxyl groups excluding tert-OH is 1. The van der Waals surface area contributed by atoms with Gasteiger partial charge in [0.25, 0.3) is 12.2 Å². The van der Waals surface area contributed by atoms with E-state index in [9.17, 15) is 8.78 Å². The second kappa shape index (κ2) is 2.37. The van der Waals surface area contributed by atoms with Crippen LogP contribution in [0.1, 0.15) is 13.3 Å². The minimum atomic E-state index is -3.07. The van der Waals surface area contributed by atoms with Crippen LogP contribution in [0.4, 0.5) is 8.78 Å². The maximum Gasteiger partial charge on any atom is 0.262 e. The highest BCUT2D eigenvalue weighted by atomic mass is 19.2. The summed E-state index contributed by atoms with van der Waals surface area (Å²) in [4.78, 5) is 0. The lowest BCUT2D eigenvalue weighted by Crippen LogP contribution is -2.33. The van der Waals surface area contributed by atoms with Gasteiger partial charge in [0.15, 0.2) is 0 Å². The average molecular weight is 126 g/mol. The van der Waals surface area contributed by atoms with Gasteiger partial charge >= 0.3 is 0 Å². The number of alkyl halides is 2. The third kappa shape index (κ3) is 1.71. The molecule has 0 aromatic heterocycles. The molecule has 2 atom stereocenters. The summed E-state index contributed by atoms with van der Waals surface area (Å²) in [5.41, 5.74) is 0. The van der Waals surface area contributed by atoms with Gasteiger partial charge in [0, 0.05) is 6.42 Å². The summed E-state index contributed by atoms with van der Waals surface area (Å²) < 4.78 is 23.3. The molecule has 50 valence electrons. The van der Waals surface area contributed by atoms with Crippen molar-refractivity contribution < 1.29 is 19.0 Å². The van der Waals surface area contributed by atoms with E-state index in [1.165, 1.54) is 6.92 Å². The lowest BCUT2D eigenvalue weighted by atomic mass is 10.2. The number of hydrogen-bond donors (Lipinski definition) is 2. The predicted molar refractivity (Wildman–Crippen MR) is 23.5 cm³/mol. The van der Waals surface area contributed by atoms with Crippen LogP contribution < -0.4 is 0 Å². The first-order valence-corrected chi connectivity index (χ1v) is 2.24. The molecule has 0 aliphatic heterocycles. The Labute approximate surface area is 45.8 Å². The minimum Gasteiger partial charge on any atom is -0.360 e. The Bertz CT molecular complexity index is 72.4. The summed E-state index contributed by atoms with van der Waals surface area (Å²) in [7, 11) is 0. The number of hydrogen-bond acceptors (Lipinski definition) is 2. The Kier molecular flexibility index (Phi) is 2.30. The van der Waals surface area contributed by atoms with Crippen LogP contribution in [0, 0.1) is 0 Å². The van der Waals surface area contributed by atoms with Gasteiger partial charge < -0.3 is 10.2 Å². The molecule has 0 amide bonds. The van der Waals surface area contributed by atoms with Gasteiger partial charge in [-0.05, 0) is 0 Å². The van der Waals surface area contributed by atoms with Gasteiger partial charge in [-0.1, -0.05) is 6.92 Å². The van der Waals surface area contributed by atoms with E-state index in [2.05, 4.69) is 0 Å². The molecule has 0 rings (SSSR count). The van der Waals surface area contributed by atoms with E-state index in [1.54, 1.807) is 0 Å².